The Hall–Kier alpha value is -3.27. The number of nitrogens with zero attached hydrogens (tertiary/aromatic N) is 2. The molecule has 0 saturated carbocycles. The van der Waals surface area contributed by atoms with Crippen molar-refractivity contribution in [1.82, 2.24) is 9.88 Å². The number of carbonyl (C=O) groups excluding carboxylic acids is 2. The van der Waals surface area contributed by atoms with Gasteiger partial charge in [-0.15, -0.1) is 0 Å². The minimum Gasteiger partial charge on any atom is -0.277 e. The maximum absolute atomic E-state index is 13.7. The molecular weight excluding hydrogens is 360 g/mol. The van der Waals surface area contributed by atoms with Crippen molar-refractivity contribution in [3.05, 3.63) is 101 Å². The molecule has 4 heteroatoms. The molecule has 2 atom stereocenters. The van der Waals surface area contributed by atoms with Gasteiger partial charge in [0.25, 0.3) is 0 Å². The zero-order chi connectivity index (χ0) is 19.8. The highest BCUT2D eigenvalue weighted by Crippen LogP contribution is 2.63. The van der Waals surface area contributed by atoms with Gasteiger partial charge in [0.1, 0.15) is 0 Å². The fourth-order valence-electron chi connectivity index (χ4n) is 6.04. The van der Waals surface area contributed by atoms with Crippen LogP contribution in [0.4, 0.5) is 0 Å². The van der Waals surface area contributed by atoms with E-state index in [1.165, 1.54) is 27.2 Å². The topological polar surface area (TPSA) is 50.3 Å². The summed E-state index contributed by atoms with van der Waals surface area (Å²) in [6.45, 7) is 2.43. The summed E-state index contributed by atoms with van der Waals surface area (Å²) in [6, 6.07) is 20.4. The van der Waals surface area contributed by atoms with E-state index in [0.29, 0.717) is 0 Å². The summed E-state index contributed by atoms with van der Waals surface area (Å²) >= 11 is 0. The average Bonchev–Trinajstić information content (AvgIpc) is 3.01. The van der Waals surface area contributed by atoms with E-state index in [4.69, 9.17) is 0 Å². The van der Waals surface area contributed by atoms with Crippen LogP contribution in [-0.2, 0) is 21.5 Å². The number of benzene rings is 2. The molecule has 4 aliphatic rings. The standard InChI is InChI=1S/C25H20N2O2/c1-25-18-10-4-2-8-16(18)20(17-9-3-5-11-19(17)25)21-22(25)24(29)27(23(21)28)14-15-7-6-12-26-13-15/h2-13,20-22H,14H2,1H3/t20?,21-,22-,25?/m1/s1. The third-order valence-electron chi connectivity index (χ3n) is 7.20. The molecule has 0 radical (unpaired) electrons. The zero-order valence-electron chi connectivity index (χ0n) is 16.1. The lowest BCUT2D eigenvalue weighted by Gasteiger charge is -2.52. The Morgan fingerprint density at radius 1 is 0.897 bits per heavy atom. The number of likely N-dealkylation sites (tertiary alicyclic amines) is 1. The molecule has 7 rings (SSSR count). The Morgan fingerprint density at radius 2 is 1.55 bits per heavy atom. The lowest BCUT2D eigenvalue weighted by atomic mass is 9.48. The van der Waals surface area contributed by atoms with Crippen LogP contribution < -0.4 is 0 Å². The predicted octanol–water partition coefficient (Wildman–Crippen LogP) is 3.65. The van der Waals surface area contributed by atoms with Gasteiger partial charge >= 0.3 is 0 Å². The number of imide groups is 1. The van der Waals surface area contributed by atoms with E-state index in [0.717, 1.165) is 5.56 Å². The highest BCUT2D eigenvalue weighted by Gasteiger charge is 2.66. The number of rotatable bonds is 2. The van der Waals surface area contributed by atoms with Gasteiger partial charge in [-0.05, 0) is 33.9 Å². The van der Waals surface area contributed by atoms with Crippen LogP contribution >= 0.6 is 0 Å². The molecule has 3 aliphatic carbocycles. The van der Waals surface area contributed by atoms with Crippen LogP contribution in [0.5, 0.6) is 0 Å². The van der Waals surface area contributed by atoms with E-state index >= 15 is 0 Å². The summed E-state index contributed by atoms with van der Waals surface area (Å²) in [5, 5.41) is 0. The molecule has 2 aromatic carbocycles. The molecule has 4 nitrogen and oxygen atoms in total. The van der Waals surface area contributed by atoms with Gasteiger partial charge in [0.15, 0.2) is 0 Å². The number of carbonyl (C=O) groups is 2. The van der Waals surface area contributed by atoms with Crippen molar-refractivity contribution in [1.29, 1.82) is 0 Å². The summed E-state index contributed by atoms with van der Waals surface area (Å²) in [4.78, 5) is 32.9. The van der Waals surface area contributed by atoms with Crippen molar-refractivity contribution in [2.24, 2.45) is 11.8 Å². The summed E-state index contributed by atoms with van der Waals surface area (Å²) in [5.74, 6) is -0.871. The van der Waals surface area contributed by atoms with Gasteiger partial charge < -0.3 is 0 Å². The first kappa shape index (κ1) is 16.7. The largest absolute Gasteiger partial charge is 0.277 e. The monoisotopic (exact) mass is 380 g/mol. The van der Waals surface area contributed by atoms with Gasteiger partial charge in [0, 0.05) is 23.7 Å². The van der Waals surface area contributed by atoms with Crippen LogP contribution in [-0.4, -0.2) is 21.7 Å². The molecule has 0 unspecified atom stereocenters. The number of amides is 2. The van der Waals surface area contributed by atoms with Crippen LogP contribution in [0, 0.1) is 11.8 Å². The minimum absolute atomic E-state index is 0.0518. The summed E-state index contributed by atoms with van der Waals surface area (Å²) in [6.07, 6.45) is 3.42. The molecule has 2 heterocycles. The maximum Gasteiger partial charge on any atom is 0.234 e. The summed E-state index contributed by atoms with van der Waals surface area (Å²) < 4.78 is 0. The highest BCUT2D eigenvalue weighted by atomic mass is 16.2. The van der Waals surface area contributed by atoms with E-state index in [1.54, 1.807) is 12.4 Å². The second-order valence-electron chi connectivity index (χ2n) is 8.48. The van der Waals surface area contributed by atoms with E-state index in [2.05, 4.69) is 36.2 Å². The number of pyridine rings is 1. The molecule has 29 heavy (non-hydrogen) atoms. The van der Waals surface area contributed by atoms with Gasteiger partial charge in [0.2, 0.25) is 11.8 Å². The zero-order valence-corrected chi connectivity index (χ0v) is 16.1. The second kappa shape index (κ2) is 5.63. The van der Waals surface area contributed by atoms with Gasteiger partial charge in [-0.3, -0.25) is 19.5 Å². The van der Waals surface area contributed by atoms with Gasteiger partial charge in [-0.1, -0.05) is 61.5 Å². The molecule has 2 amide bonds. The van der Waals surface area contributed by atoms with Gasteiger partial charge in [0.05, 0.1) is 18.4 Å². The molecule has 1 aliphatic heterocycles. The van der Waals surface area contributed by atoms with Crippen molar-refractivity contribution in [3.8, 4) is 0 Å². The van der Waals surface area contributed by atoms with Crippen LogP contribution in [0.1, 0.15) is 40.7 Å². The molecular formula is C25H20N2O2. The van der Waals surface area contributed by atoms with E-state index < -0.39 is 5.41 Å². The van der Waals surface area contributed by atoms with Crippen LogP contribution in [0.25, 0.3) is 0 Å². The lowest BCUT2D eigenvalue weighted by molar-refractivity contribution is -0.140. The highest BCUT2D eigenvalue weighted by molar-refractivity contribution is 6.08. The maximum atomic E-state index is 13.7. The first-order chi connectivity index (χ1) is 14.1. The Kier molecular flexibility index (Phi) is 3.24. The predicted molar refractivity (Wildman–Crippen MR) is 108 cm³/mol. The Bertz CT molecular complexity index is 1120. The molecule has 1 saturated heterocycles. The van der Waals surface area contributed by atoms with Crippen molar-refractivity contribution >= 4 is 11.8 Å². The smallest absolute Gasteiger partial charge is 0.234 e. The fraction of sp³-hybridized carbons (Fsp3) is 0.240. The molecule has 142 valence electrons. The van der Waals surface area contributed by atoms with E-state index in [9.17, 15) is 9.59 Å². The van der Waals surface area contributed by atoms with Crippen molar-refractivity contribution in [3.63, 3.8) is 0 Å². The average molecular weight is 380 g/mol. The van der Waals surface area contributed by atoms with Gasteiger partial charge in [-0.25, -0.2) is 0 Å². The van der Waals surface area contributed by atoms with E-state index in [1.807, 2.05) is 36.4 Å². The van der Waals surface area contributed by atoms with Crippen molar-refractivity contribution in [2.75, 3.05) is 0 Å². The summed E-state index contributed by atoms with van der Waals surface area (Å²) in [7, 11) is 0. The number of hydrogen-bond acceptors (Lipinski definition) is 3. The van der Waals surface area contributed by atoms with Gasteiger partial charge in [-0.2, -0.15) is 0 Å². The SMILES string of the molecule is CC12c3ccccc3C(c3ccccc31)[C@H]1C(=O)N(Cc3cccnc3)C(=O)[C@@H]12. The molecule has 0 spiro atoms. The van der Waals surface area contributed by atoms with Crippen LogP contribution in [0.15, 0.2) is 73.1 Å². The first-order valence-electron chi connectivity index (χ1n) is 10.1. The first-order valence-corrected chi connectivity index (χ1v) is 10.1. The number of hydrogen-bond donors (Lipinski definition) is 0. The fourth-order valence-corrected chi connectivity index (χ4v) is 6.04. The quantitative estimate of drug-likeness (QED) is 0.638. The minimum atomic E-state index is -0.497. The molecule has 2 bridgehead atoms. The van der Waals surface area contributed by atoms with Crippen molar-refractivity contribution in [2.45, 2.75) is 24.8 Å². The second-order valence-corrected chi connectivity index (χ2v) is 8.48. The normalized spacial score (nSPS) is 28.9. The summed E-state index contributed by atoms with van der Waals surface area (Å²) in [5.41, 5.74) is 5.14. The van der Waals surface area contributed by atoms with Crippen molar-refractivity contribution < 1.29 is 9.59 Å². The van der Waals surface area contributed by atoms with Crippen LogP contribution in [0.3, 0.4) is 0 Å². The molecule has 3 aromatic rings. The lowest BCUT2D eigenvalue weighted by Crippen LogP contribution is -2.51. The Morgan fingerprint density at radius 3 is 2.17 bits per heavy atom. The third kappa shape index (κ3) is 1.96. The molecule has 1 aromatic heterocycles. The Labute approximate surface area is 169 Å². The number of aromatic nitrogens is 1. The molecule has 0 N–H and O–H groups in total. The van der Waals surface area contributed by atoms with E-state index in [-0.39, 0.29) is 36.1 Å². The molecule has 1 fully saturated rings. The third-order valence-corrected chi connectivity index (χ3v) is 7.20. The van der Waals surface area contributed by atoms with Crippen LogP contribution in [0.2, 0.25) is 0 Å². The Balaban J connectivity index is 1.55.